The first-order valence-electron chi connectivity index (χ1n) is 4.96. The Morgan fingerprint density at radius 3 is 2.67 bits per heavy atom. The molecular formula is C12H14N2O. The number of aromatic nitrogens is 2. The largest absolute Gasteiger partial charge is 0.328 e. The first-order valence-corrected chi connectivity index (χ1v) is 4.96. The van der Waals surface area contributed by atoms with E-state index in [-0.39, 0.29) is 11.0 Å². The molecule has 0 amide bonds. The fourth-order valence-corrected chi connectivity index (χ4v) is 1.72. The molecule has 0 atom stereocenters. The lowest BCUT2D eigenvalue weighted by Crippen LogP contribution is -2.16. The molecule has 2 heterocycles. The Hall–Kier alpha value is -1.64. The van der Waals surface area contributed by atoms with E-state index >= 15 is 0 Å². The zero-order valence-corrected chi connectivity index (χ0v) is 9.16. The Balaban J connectivity index is 2.90. The first-order chi connectivity index (χ1) is 7.00. The summed E-state index contributed by atoms with van der Waals surface area (Å²) in [5.74, 6) is 0. The van der Waals surface area contributed by atoms with Crippen LogP contribution in [-0.2, 0) is 5.41 Å². The Bertz CT molecular complexity index is 549. The van der Waals surface area contributed by atoms with Gasteiger partial charge in [0.15, 0.2) is 0 Å². The molecule has 1 N–H and O–H groups in total. The van der Waals surface area contributed by atoms with Crippen molar-refractivity contribution >= 4 is 10.8 Å². The summed E-state index contributed by atoms with van der Waals surface area (Å²) < 4.78 is 0. The predicted molar refractivity (Wildman–Crippen MR) is 61.1 cm³/mol. The van der Waals surface area contributed by atoms with E-state index in [1.807, 2.05) is 0 Å². The third-order valence-electron chi connectivity index (χ3n) is 2.51. The number of hydrogen-bond acceptors (Lipinski definition) is 2. The minimum absolute atomic E-state index is 0.00544. The Labute approximate surface area is 88.2 Å². The van der Waals surface area contributed by atoms with Crippen molar-refractivity contribution < 1.29 is 0 Å². The summed E-state index contributed by atoms with van der Waals surface area (Å²) in [5.41, 5.74) is 1.07. The normalized spacial score (nSPS) is 11.9. The van der Waals surface area contributed by atoms with Crippen LogP contribution in [0.25, 0.3) is 10.8 Å². The lowest BCUT2D eigenvalue weighted by Gasteiger charge is -2.20. The lowest BCUT2D eigenvalue weighted by molar-refractivity contribution is 0.593. The predicted octanol–water partition coefficient (Wildman–Crippen LogP) is 2.22. The second kappa shape index (κ2) is 3.19. The van der Waals surface area contributed by atoms with Gasteiger partial charge >= 0.3 is 0 Å². The SMILES string of the molecule is CC(C)(C)c1c[nH]c(=O)c2ccncc12. The van der Waals surface area contributed by atoms with Gasteiger partial charge in [-0.1, -0.05) is 20.8 Å². The summed E-state index contributed by atoms with van der Waals surface area (Å²) in [6.45, 7) is 6.35. The molecule has 0 aromatic carbocycles. The van der Waals surface area contributed by atoms with E-state index in [1.165, 1.54) is 0 Å². The molecule has 0 aliphatic heterocycles. The fraction of sp³-hybridized carbons (Fsp3) is 0.333. The van der Waals surface area contributed by atoms with Gasteiger partial charge in [0.25, 0.3) is 5.56 Å². The highest BCUT2D eigenvalue weighted by atomic mass is 16.1. The molecule has 0 saturated heterocycles. The van der Waals surface area contributed by atoms with Crippen LogP contribution >= 0.6 is 0 Å². The van der Waals surface area contributed by atoms with Crippen molar-refractivity contribution in [3.63, 3.8) is 0 Å². The maximum Gasteiger partial charge on any atom is 0.255 e. The molecule has 0 unspecified atom stereocenters. The minimum Gasteiger partial charge on any atom is -0.328 e. The molecule has 2 aromatic rings. The molecule has 0 aliphatic carbocycles. The molecule has 15 heavy (non-hydrogen) atoms. The summed E-state index contributed by atoms with van der Waals surface area (Å²) in [4.78, 5) is 18.4. The van der Waals surface area contributed by atoms with Crippen LogP contribution in [0.3, 0.4) is 0 Å². The molecule has 78 valence electrons. The summed E-state index contributed by atoms with van der Waals surface area (Å²) in [7, 11) is 0. The Kier molecular flexibility index (Phi) is 2.11. The van der Waals surface area contributed by atoms with E-state index in [4.69, 9.17) is 0 Å². The van der Waals surface area contributed by atoms with Gasteiger partial charge in [-0.3, -0.25) is 9.78 Å². The van der Waals surface area contributed by atoms with Gasteiger partial charge in [-0.25, -0.2) is 0 Å². The van der Waals surface area contributed by atoms with Crippen molar-refractivity contribution in [1.82, 2.24) is 9.97 Å². The van der Waals surface area contributed by atoms with Crippen molar-refractivity contribution in [3.8, 4) is 0 Å². The van der Waals surface area contributed by atoms with Crippen molar-refractivity contribution in [2.75, 3.05) is 0 Å². The molecular weight excluding hydrogens is 188 g/mol. The summed E-state index contributed by atoms with van der Waals surface area (Å²) in [6, 6.07) is 1.75. The van der Waals surface area contributed by atoms with Crippen molar-refractivity contribution in [1.29, 1.82) is 0 Å². The number of nitrogens with zero attached hydrogens (tertiary/aromatic N) is 1. The molecule has 3 heteroatoms. The van der Waals surface area contributed by atoms with Crippen molar-refractivity contribution in [2.45, 2.75) is 26.2 Å². The van der Waals surface area contributed by atoms with Gasteiger partial charge in [0, 0.05) is 24.0 Å². The third-order valence-corrected chi connectivity index (χ3v) is 2.51. The van der Waals surface area contributed by atoms with Gasteiger partial charge in [-0.2, -0.15) is 0 Å². The molecule has 0 aliphatic rings. The van der Waals surface area contributed by atoms with Crippen molar-refractivity contribution in [3.05, 3.63) is 40.6 Å². The van der Waals surface area contributed by atoms with E-state index < -0.39 is 0 Å². The Morgan fingerprint density at radius 1 is 1.27 bits per heavy atom. The molecule has 0 spiro atoms. The maximum absolute atomic E-state index is 11.6. The topological polar surface area (TPSA) is 45.8 Å². The number of hydrogen-bond donors (Lipinski definition) is 1. The molecule has 0 saturated carbocycles. The van der Waals surface area contributed by atoms with Crippen LogP contribution in [0.2, 0.25) is 0 Å². The van der Waals surface area contributed by atoms with Crippen LogP contribution in [0.1, 0.15) is 26.3 Å². The monoisotopic (exact) mass is 202 g/mol. The van der Waals surface area contributed by atoms with Crippen LogP contribution in [0.4, 0.5) is 0 Å². The lowest BCUT2D eigenvalue weighted by atomic mass is 9.86. The standard InChI is InChI=1S/C12H14N2O/c1-12(2,3)10-7-14-11(15)8-4-5-13-6-9(8)10/h4-7H,1-3H3,(H,14,15). The van der Waals surface area contributed by atoms with Gasteiger partial charge in [0.1, 0.15) is 0 Å². The van der Waals surface area contributed by atoms with Crippen LogP contribution < -0.4 is 5.56 Å². The second-order valence-electron chi connectivity index (χ2n) is 4.70. The highest BCUT2D eigenvalue weighted by molar-refractivity contribution is 5.84. The number of H-pyrrole nitrogens is 1. The molecule has 2 aromatic heterocycles. The average molecular weight is 202 g/mol. The highest BCUT2D eigenvalue weighted by Crippen LogP contribution is 2.26. The molecule has 3 nitrogen and oxygen atoms in total. The zero-order chi connectivity index (χ0) is 11.1. The van der Waals surface area contributed by atoms with Crippen LogP contribution in [0, 0.1) is 0 Å². The van der Waals surface area contributed by atoms with E-state index in [9.17, 15) is 4.79 Å². The van der Waals surface area contributed by atoms with Gasteiger partial charge in [-0.05, 0) is 17.0 Å². The molecule has 2 rings (SSSR count). The van der Waals surface area contributed by atoms with Crippen LogP contribution in [-0.4, -0.2) is 9.97 Å². The van der Waals surface area contributed by atoms with E-state index in [0.29, 0.717) is 5.39 Å². The molecule has 0 radical (unpaired) electrons. The van der Waals surface area contributed by atoms with Gasteiger partial charge in [-0.15, -0.1) is 0 Å². The van der Waals surface area contributed by atoms with Gasteiger partial charge < -0.3 is 4.98 Å². The second-order valence-corrected chi connectivity index (χ2v) is 4.70. The van der Waals surface area contributed by atoms with E-state index in [1.54, 1.807) is 24.7 Å². The quantitative estimate of drug-likeness (QED) is 0.712. The zero-order valence-electron chi connectivity index (χ0n) is 9.16. The Morgan fingerprint density at radius 2 is 2.00 bits per heavy atom. The summed E-state index contributed by atoms with van der Waals surface area (Å²) in [5, 5.41) is 1.64. The summed E-state index contributed by atoms with van der Waals surface area (Å²) in [6.07, 6.45) is 5.18. The molecule has 0 fully saturated rings. The van der Waals surface area contributed by atoms with E-state index in [0.717, 1.165) is 10.9 Å². The van der Waals surface area contributed by atoms with Crippen LogP contribution in [0.5, 0.6) is 0 Å². The van der Waals surface area contributed by atoms with Gasteiger partial charge in [0.05, 0.1) is 5.39 Å². The number of fused-ring (bicyclic) bond motifs is 1. The third kappa shape index (κ3) is 1.65. The fourth-order valence-electron chi connectivity index (χ4n) is 1.72. The maximum atomic E-state index is 11.6. The van der Waals surface area contributed by atoms with E-state index in [2.05, 4.69) is 30.7 Å². The summed E-state index contributed by atoms with van der Waals surface area (Å²) >= 11 is 0. The van der Waals surface area contributed by atoms with Crippen LogP contribution in [0.15, 0.2) is 29.5 Å². The minimum atomic E-state index is -0.0552. The number of nitrogens with one attached hydrogen (secondary N) is 1. The van der Waals surface area contributed by atoms with Crippen molar-refractivity contribution in [2.24, 2.45) is 0 Å². The number of aromatic amines is 1. The number of rotatable bonds is 0. The number of pyridine rings is 2. The average Bonchev–Trinajstić information content (AvgIpc) is 2.17. The van der Waals surface area contributed by atoms with Gasteiger partial charge in [0.2, 0.25) is 0 Å². The smallest absolute Gasteiger partial charge is 0.255 e. The first kappa shape index (κ1) is 9.90. The highest BCUT2D eigenvalue weighted by Gasteiger charge is 2.17. The molecule has 0 bridgehead atoms.